The van der Waals surface area contributed by atoms with Crippen molar-refractivity contribution in [3.63, 3.8) is 0 Å². The number of nitrogens with zero attached hydrogens (tertiary/aromatic N) is 2. The van der Waals surface area contributed by atoms with E-state index in [1.807, 2.05) is 44.2 Å². The number of benzene rings is 2. The first-order chi connectivity index (χ1) is 14.0. The fourth-order valence-electron chi connectivity index (χ4n) is 3.70. The highest BCUT2D eigenvalue weighted by Crippen LogP contribution is 2.55. The van der Waals surface area contributed by atoms with Gasteiger partial charge in [0.15, 0.2) is 5.75 Å². The summed E-state index contributed by atoms with van der Waals surface area (Å²) in [5.41, 5.74) is 2.21. The molecule has 1 aromatic heterocycles. The van der Waals surface area contributed by atoms with Gasteiger partial charge < -0.3 is 10.1 Å². The summed E-state index contributed by atoms with van der Waals surface area (Å²) >= 11 is 6.04. The maximum atomic E-state index is 13.0. The molecular weight excluding hydrogens is 386 g/mol. The van der Waals surface area contributed by atoms with Crippen LogP contribution < -0.4 is 10.1 Å². The summed E-state index contributed by atoms with van der Waals surface area (Å²) in [6.07, 6.45) is 2.41. The molecular formula is C23H22ClN3O2. The molecule has 1 amide bonds. The lowest BCUT2D eigenvalue weighted by Gasteiger charge is -2.19. The van der Waals surface area contributed by atoms with Crippen molar-refractivity contribution in [3.8, 4) is 5.75 Å². The Hall–Kier alpha value is -2.92. The third-order valence-corrected chi connectivity index (χ3v) is 5.61. The highest BCUT2D eigenvalue weighted by Gasteiger charge is 2.60. The van der Waals surface area contributed by atoms with E-state index in [9.17, 15) is 4.79 Å². The van der Waals surface area contributed by atoms with Crippen molar-refractivity contribution in [1.82, 2.24) is 9.97 Å². The van der Waals surface area contributed by atoms with E-state index in [-0.39, 0.29) is 17.2 Å². The first kappa shape index (κ1) is 19.4. The van der Waals surface area contributed by atoms with Crippen LogP contribution in [0.2, 0.25) is 5.02 Å². The maximum absolute atomic E-state index is 13.0. The van der Waals surface area contributed by atoms with Gasteiger partial charge in [0.05, 0.1) is 24.4 Å². The monoisotopic (exact) mass is 407 g/mol. The predicted octanol–water partition coefficient (Wildman–Crippen LogP) is 4.72. The van der Waals surface area contributed by atoms with E-state index >= 15 is 0 Å². The average Bonchev–Trinajstić information content (AvgIpc) is 3.44. The minimum atomic E-state index is -0.374. The second kappa shape index (κ2) is 7.84. The number of halogens is 1. The summed E-state index contributed by atoms with van der Waals surface area (Å²) in [5, 5.41) is 3.57. The second-order valence-corrected chi connectivity index (χ2v) is 7.87. The molecule has 2 aromatic carbocycles. The molecule has 0 bridgehead atoms. The van der Waals surface area contributed by atoms with Crippen LogP contribution in [0.25, 0.3) is 0 Å². The quantitative estimate of drug-likeness (QED) is 0.642. The van der Waals surface area contributed by atoms with Gasteiger partial charge >= 0.3 is 0 Å². The van der Waals surface area contributed by atoms with Gasteiger partial charge in [-0.3, -0.25) is 4.79 Å². The number of amides is 1. The average molecular weight is 408 g/mol. The van der Waals surface area contributed by atoms with Crippen molar-refractivity contribution in [2.24, 2.45) is 5.92 Å². The predicted molar refractivity (Wildman–Crippen MR) is 113 cm³/mol. The zero-order valence-electron chi connectivity index (χ0n) is 16.4. The van der Waals surface area contributed by atoms with Crippen molar-refractivity contribution in [3.05, 3.63) is 82.9 Å². The van der Waals surface area contributed by atoms with Crippen LogP contribution in [0.5, 0.6) is 5.75 Å². The van der Waals surface area contributed by atoms with E-state index in [0.29, 0.717) is 28.9 Å². The van der Waals surface area contributed by atoms with Gasteiger partial charge in [-0.15, -0.1) is 0 Å². The van der Waals surface area contributed by atoms with Crippen molar-refractivity contribution >= 4 is 23.2 Å². The number of hydrogen-bond acceptors (Lipinski definition) is 4. The Kier molecular flexibility index (Phi) is 5.24. The number of anilines is 1. The van der Waals surface area contributed by atoms with Gasteiger partial charge in [0.1, 0.15) is 5.82 Å². The summed E-state index contributed by atoms with van der Waals surface area (Å²) in [6.45, 7) is 4.13. The Labute approximate surface area is 175 Å². The van der Waals surface area contributed by atoms with Gasteiger partial charge in [0.25, 0.3) is 0 Å². The van der Waals surface area contributed by atoms with Crippen LogP contribution in [0.3, 0.4) is 0 Å². The molecule has 1 saturated carbocycles. The zero-order valence-corrected chi connectivity index (χ0v) is 17.1. The number of hydrogen-bond donors (Lipinski definition) is 1. The Morgan fingerprint density at radius 2 is 2.00 bits per heavy atom. The first-order valence-electron chi connectivity index (χ1n) is 9.53. The molecule has 1 aliphatic rings. The fourth-order valence-corrected chi connectivity index (χ4v) is 3.89. The van der Waals surface area contributed by atoms with Crippen molar-refractivity contribution in [1.29, 1.82) is 0 Å². The summed E-state index contributed by atoms with van der Waals surface area (Å²) < 4.78 is 6.10. The van der Waals surface area contributed by atoms with Crippen LogP contribution in [0, 0.1) is 19.8 Å². The van der Waals surface area contributed by atoms with Crippen LogP contribution in [0.4, 0.5) is 5.69 Å². The Morgan fingerprint density at radius 3 is 2.72 bits per heavy atom. The van der Waals surface area contributed by atoms with Crippen molar-refractivity contribution in [2.45, 2.75) is 25.7 Å². The number of aryl methyl sites for hydroxylation is 2. The van der Waals surface area contributed by atoms with Gasteiger partial charge in [0, 0.05) is 16.1 Å². The molecule has 5 nitrogen and oxygen atoms in total. The second-order valence-electron chi connectivity index (χ2n) is 7.43. The van der Waals surface area contributed by atoms with Gasteiger partial charge in [0.2, 0.25) is 5.91 Å². The Morgan fingerprint density at radius 1 is 1.21 bits per heavy atom. The maximum Gasteiger partial charge on any atom is 0.228 e. The Bertz CT molecular complexity index is 1040. The molecule has 0 spiro atoms. The highest BCUT2D eigenvalue weighted by atomic mass is 35.5. The lowest BCUT2D eigenvalue weighted by molar-refractivity contribution is -0.117. The van der Waals surface area contributed by atoms with Gasteiger partial charge in [-0.2, -0.15) is 0 Å². The zero-order chi connectivity index (χ0) is 20.4. The molecule has 3 aromatic rings. The standard InChI is InChI=1S/C23H22ClN3O2/c1-15-21(13-25-16(2)26-15)29-14-23(17-7-4-3-5-8-17)12-20(23)22(28)27-19-10-6-9-18(24)11-19/h3-11,13,20H,12,14H2,1-2H3,(H,27,28). The summed E-state index contributed by atoms with van der Waals surface area (Å²) in [6, 6.07) is 17.2. The number of nitrogens with one attached hydrogen (secondary N) is 1. The van der Waals surface area contributed by atoms with E-state index in [0.717, 1.165) is 17.7 Å². The van der Waals surface area contributed by atoms with Gasteiger partial charge in [-0.25, -0.2) is 9.97 Å². The molecule has 0 radical (unpaired) electrons. The van der Waals surface area contributed by atoms with Crippen LogP contribution in [-0.2, 0) is 10.2 Å². The van der Waals surface area contributed by atoms with E-state index in [2.05, 4.69) is 27.4 Å². The van der Waals surface area contributed by atoms with Crippen molar-refractivity contribution in [2.75, 3.05) is 11.9 Å². The molecule has 2 atom stereocenters. The normalized spacial score (nSPS) is 20.2. The van der Waals surface area contributed by atoms with Crippen LogP contribution in [0.1, 0.15) is 23.5 Å². The molecule has 1 heterocycles. The molecule has 0 aliphatic heterocycles. The van der Waals surface area contributed by atoms with E-state index in [1.54, 1.807) is 18.3 Å². The molecule has 6 heteroatoms. The third kappa shape index (κ3) is 4.10. The number of aromatic nitrogens is 2. The Balaban J connectivity index is 1.54. The molecule has 4 rings (SSSR count). The highest BCUT2D eigenvalue weighted by molar-refractivity contribution is 6.30. The molecule has 2 unspecified atom stereocenters. The smallest absolute Gasteiger partial charge is 0.228 e. The molecule has 1 aliphatic carbocycles. The van der Waals surface area contributed by atoms with Gasteiger partial charge in [-0.1, -0.05) is 48.0 Å². The largest absolute Gasteiger partial charge is 0.489 e. The van der Waals surface area contributed by atoms with E-state index in [1.165, 1.54) is 0 Å². The molecule has 148 valence electrons. The number of carbonyl (C=O) groups is 1. The van der Waals surface area contributed by atoms with Crippen LogP contribution in [0.15, 0.2) is 60.8 Å². The summed E-state index contributed by atoms with van der Waals surface area (Å²) in [5.74, 6) is 1.14. The van der Waals surface area contributed by atoms with Crippen LogP contribution in [-0.4, -0.2) is 22.5 Å². The molecule has 1 fully saturated rings. The molecule has 29 heavy (non-hydrogen) atoms. The fraction of sp³-hybridized carbons (Fsp3) is 0.261. The minimum Gasteiger partial charge on any atom is -0.489 e. The minimum absolute atomic E-state index is 0.0309. The number of ether oxygens (including phenoxy) is 1. The SMILES string of the molecule is Cc1ncc(OCC2(c3ccccc3)CC2C(=O)Nc2cccc(Cl)c2)c(C)n1. The number of rotatable bonds is 6. The van der Waals surface area contributed by atoms with E-state index in [4.69, 9.17) is 16.3 Å². The van der Waals surface area contributed by atoms with Crippen molar-refractivity contribution < 1.29 is 9.53 Å². The lowest BCUT2D eigenvalue weighted by atomic mass is 9.93. The van der Waals surface area contributed by atoms with Crippen LogP contribution >= 0.6 is 11.6 Å². The van der Waals surface area contributed by atoms with Gasteiger partial charge in [-0.05, 0) is 44.0 Å². The summed E-state index contributed by atoms with van der Waals surface area (Å²) in [4.78, 5) is 21.5. The molecule has 0 saturated heterocycles. The summed E-state index contributed by atoms with van der Waals surface area (Å²) in [7, 11) is 0. The lowest BCUT2D eigenvalue weighted by Crippen LogP contribution is -2.26. The third-order valence-electron chi connectivity index (χ3n) is 5.37. The van der Waals surface area contributed by atoms with E-state index < -0.39 is 0 Å². The molecule has 1 N–H and O–H groups in total. The topological polar surface area (TPSA) is 64.1 Å². The number of carbonyl (C=O) groups excluding carboxylic acids is 1. The first-order valence-corrected chi connectivity index (χ1v) is 9.91.